The predicted molar refractivity (Wildman–Crippen MR) is 120 cm³/mol. The van der Waals surface area contributed by atoms with Gasteiger partial charge in [-0.05, 0) is 49.1 Å². The molecule has 0 bridgehead atoms. The lowest BCUT2D eigenvalue weighted by atomic mass is 9.96. The monoisotopic (exact) mass is 440 g/mol. The van der Waals surface area contributed by atoms with Gasteiger partial charge in [0.1, 0.15) is 18.2 Å². The Balaban J connectivity index is 1.36. The minimum absolute atomic E-state index is 0.0791. The number of carbonyl (C=O) groups is 2. The van der Waals surface area contributed by atoms with Gasteiger partial charge >= 0.3 is 6.03 Å². The fraction of sp³-hybridized carbons (Fsp3) is 0.348. The smallest absolute Gasteiger partial charge is 0.317 e. The zero-order valence-corrected chi connectivity index (χ0v) is 17.9. The third-order valence-electron chi connectivity index (χ3n) is 5.07. The number of anilines is 1. The fourth-order valence-electron chi connectivity index (χ4n) is 3.33. The van der Waals surface area contributed by atoms with Crippen LogP contribution in [-0.2, 0) is 11.2 Å². The third kappa shape index (κ3) is 6.90. The molecule has 31 heavy (non-hydrogen) atoms. The Bertz CT molecular complexity index is 917. The van der Waals surface area contributed by atoms with Crippen LogP contribution in [0.15, 0.2) is 42.6 Å². The Morgan fingerprint density at radius 2 is 1.94 bits per heavy atom. The molecule has 8 heteroatoms. The number of pyridine rings is 1. The first kappa shape index (κ1) is 22.4. The molecular weight excluding hydrogens is 416 g/mol. The van der Waals surface area contributed by atoms with Crippen LogP contribution in [0.2, 0.25) is 5.02 Å². The summed E-state index contributed by atoms with van der Waals surface area (Å²) in [6.45, 7) is 1.86. The van der Waals surface area contributed by atoms with Crippen LogP contribution in [-0.4, -0.2) is 48.1 Å². The second kappa shape index (κ2) is 11.2. The number of piperidine rings is 1. The summed E-state index contributed by atoms with van der Waals surface area (Å²) in [5.74, 6) is 3.41. The summed E-state index contributed by atoms with van der Waals surface area (Å²) in [4.78, 5) is 30.7. The topological polar surface area (TPSA) is 83.6 Å². The number of ether oxygens (including phenoxy) is 1. The van der Waals surface area contributed by atoms with Gasteiger partial charge in [-0.15, -0.1) is 6.42 Å². The molecule has 1 fully saturated rings. The van der Waals surface area contributed by atoms with E-state index < -0.39 is 0 Å². The first-order valence-electron chi connectivity index (χ1n) is 10.2. The zero-order valence-electron chi connectivity index (χ0n) is 17.1. The van der Waals surface area contributed by atoms with Crippen molar-refractivity contribution in [3.63, 3.8) is 0 Å². The number of amides is 3. The largest absolute Gasteiger partial charge is 0.481 e. The molecule has 1 aromatic heterocycles. The zero-order chi connectivity index (χ0) is 22.1. The molecular formula is C23H25ClN4O3. The Labute approximate surface area is 187 Å². The van der Waals surface area contributed by atoms with Crippen LogP contribution in [0.1, 0.15) is 18.4 Å². The third-order valence-corrected chi connectivity index (χ3v) is 5.29. The number of rotatable bonds is 7. The fourth-order valence-corrected chi connectivity index (χ4v) is 3.44. The summed E-state index contributed by atoms with van der Waals surface area (Å²) in [5.41, 5.74) is 1.10. The van der Waals surface area contributed by atoms with E-state index in [0.717, 1.165) is 11.3 Å². The lowest BCUT2D eigenvalue weighted by Gasteiger charge is -2.31. The number of carbonyl (C=O) groups excluding carboxylic acids is 2. The van der Waals surface area contributed by atoms with Gasteiger partial charge in [-0.3, -0.25) is 4.79 Å². The molecule has 0 saturated carbocycles. The summed E-state index contributed by atoms with van der Waals surface area (Å²) in [5, 5.41) is 6.27. The molecule has 3 rings (SSSR count). The van der Waals surface area contributed by atoms with Gasteiger partial charge in [0, 0.05) is 31.7 Å². The van der Waals surface area contributed by atoms with Crippen molar-refractivity contribution in [2.45, 2.75) is 19.3 Å². The van der Waals surface area contributed by atoms with E-state index >= 15 is 0 Å². The maximum Gasteiger partial charge on any atom is 0.317 e. The molecule has 0 unspecified atom stereocenters. The van der Waals surface area contributed by atoms with Gasteiger partial charge in [0.2, 0.25) is 5.91 Å². The summed E-state index contributed by atoms with van der Waals surface area (Å²) < 4.78 is 5.35. The highest BCUT2D eigenvalue weighted by atomic mass is 35.5. The Morgan fingerprint density at radius 3 is 2.58 bits per heavy atom. The highest BCUT2D eigenvalue weighted by Gasteiger charge is 2.27. The van der Waals surface area contributed by atoms with Crippen LogP contribution >= 0.6 is 11.6 Å². The number of likely N-dealkylation sites (tertiary alicyclic amines) is 1. The van der Waals surface area contributed by atoms with Crippen molar-refractivity contribution in [2.75, 3.05) is 31.6 Å². The second-order valence-electron chi connectivity index (χ2n) is 7.23. The Morgan fingerprint density at radius 1 is 1.19 bits per heavy atom. The van der Waals surface area contributed by atoms with E-state index in [4.69, 9.17) is 22.8 Å². The summed E-state index contributed by atoms with van der Waals surface area (Å²) in [6, 6.07) is 10.9. The molecule has 0 aliphatic carbocycles. The highest BCUT2D eigenvalue weighted by Crippen LogP contribution is 2.19. The van der Waals surface area contributed by atoms with Crippen molar-refractivity contribution in [1.29, 1.82) is 0 Å². The molecule has 162 valence electrons. The average Bonchev–Trinajstić information content (AvgIpc) is 2.80. The van der Waals surface area contributed by atoms with Crippen molar-refractivity contribution in [1.82, 2.24) is 15.2 Å². The maximum atomic E-state index is 12.4. The average molecular weight is 441 g/mol. The molecule has 0 spiro atoms. The predicted octanol–water partition coefficient (Wildman–Crippen LogP) is 3.35. The van der Waals surface area contributed by atoms with E-state index in [1.807, 2.05) is 24.3 Å². The molecule has 7 nitrogen and oxygen atoms in total. The number of benzene rings is 1. The summed E-state index contributed by atoms with van der Waals surface area (Å²) in [7, 11) is 0. The summed E-state index contributed by atoms with van der Waals surface area (Å²) in [6.07, 6.45) is 8.62. The molecule has 1 aliphatic rings. The Kier molecular flexibility index (Phi) is 8.13. The molecule has 0 radical (unpaired) electrons. The van der Waals surface area contributed by atoms with Gasteiger partial charge in [-0.2, -0.15) is 0 Å². The van der Waals surface area contributed by atoms with Gasteiger partial charge in [0.05, 0.1) is 5.02 Å². The lowest BCUT2D eigenvalue weighted by Crippen LogP contribution is -2.46. The number of aromatic nitrogens is 1. The van der Waals surface area contributed by atoms with Crippen molar-refractivity contribution in [3.8, 4) is 18.1 Å². The highest BCUT2D eigenvalue weighted by molar-refractivity contribution is 6.30. The molecule has 0 atom stereocenters. The van der Waals surface area contributed by atoms with Gasteiger partial charge in [-0.1, -0.05) is 29.7 Å². The molecule has 1 aliphatic heterocycles. The Hall–Kier alpha value is -3.24. The number of hydrogen-bond donors (Lipinski definition) is 2. The first-order chi connectivity index (χ1) is 15.0. The van der Waals surface area contributed by atoms with E-state index in [1.165, 1.54) is 6.20 Å². The van der Waals surface area contributed by atoms with E-state index in [0.29, 0.717) is 49.7 Å². The second-order valence-corrected chi connectivity index (χ2v) is 7.67. The molecule has 2 heterocycles. The number of halogens is 1. The van der Waals surface area contributed by atoms with E-state index in [1.54, 1.807) is 17.0 Å². The normalized spacial score (nSPS) is 13.9. The van der Waals surface area contributed by atoms with Crippen LogP contribution in [0.25, 0.3) is 0 Å². The SMILES string of the molecule is C#CCOc1ccc(CCNC(=O)N2CCC(C(=O)Nc3ccc(Cl)cn3)CC2)cc1. The van der Waals surface area contributed by atoms with E-state index in [-0.39, 0.29) is 24.5 Å². The van der Waals surface area contributed by atoms with Crippen LogP contribution < -0.4 is 15.4 Å². The lowest BCUT2D eigenvalue weighted by molar-refractivity contribution is -0.121. The molecule has 2 aromatic rings. The number of nitrogens with zero attached hydrogens (tertiary/aromatic N) is 2. The van der Waals surface area contributed by atoms with E-state index in [2.05, 4.69) is 21.5 Å². The van der Waals surface area contributed by atoms with Gasteiger partial charge in [0.15, 0.2) is 0 Å². The van der Waals surface area contributed by atoms with Gasteiger partial charge in [0.25, 0.3) is 0 Å². The van der Waals surface area contributed by atoms with Crippen molar-refractivity contribution < 1.29 is 14.3 Å². The standard InChI is InChI=1S/C23H25ClN4O3/c1-2-15-31-20-6-3-17(4-7-20)9-12-25-23(30)28-13-10-18(11-14-28)22(29)27-21-8-5-19(24)16-26-21/h1,3-8,16,18H,9-15H2,(H,25,30)(H,26,27,29). The summed E-state index contributed by atoms with van der Waals surface area (Å²) >= 11 is 5.81. The van der Waals surface area contributed by atoms with E-state index in [9.17, 15) is 9.59 Å². The number of nitrogens with one attached hydrogen (secondary N) is 2. The number of hydrogen-bond acceptors (Lipinski definition) is 4. The minimum Gasteiger partial charge on any atom is -0.481 e. The maximum absolute atomic E-state index is 12.4. The number of urea groups is 1. The molecule has 1 saturated heterocycles. The first-order valence-corrected chi connectivity index (χ1v) is 10.5. The van der Waals surface area contributed by atoms with Crippen molar-refractivity contribution in [3.05, 3.63) is 53.2 Å². The van der Waals surface area contributed by atoms with Gasteiger partial charge in [-0.25, -0.2) is 9.78 Å². The minimum atomic E-state index is -0.142. The molecule has 2 N–H and O–H groups in total. The van der Waals surface area contributed by atoms with Crippen molar-refractivity contribution >= 4 is 29.4 Å². The quantitative estimate of drug-likeness (QED) is 0.647. The van der Waals surface area contributed by atoms with Crippen LogP contribution in [0.5, 0.6) is 5.75 Å². The van der Waals surface area contributed by atoms with Crippen molar-refractivity contribution in [2.24, 2.45) is 5.92 Å². The van der Waals surface area contributed by atoms with Crippen LogP contribution in [0, 0.1) is 18.3 Å². The van der Waals surface area contributed by atoms with Crippen LogP contribution in [0.3, 0.4) is 0 Å². The van der Waals surface area contributed by atoms with Gasteiger partial charge < -0.3 is 20.3 Å². The van der Waals surface area contributed by atoms with Crippen LogP contribution in [0.4, 0.5) is 10.6 Å². The number of terminal acetylenes is 1. The molecule has 1 aromatic carbocycles. The molecule has 3 amide bonds.